The number of aromatic nitrogens is 4. The normalized spacial score (nSPS) is 12.3. The van der Waals surface area contributed by atoms with Crippen molar-refractivity contribution in [3.05, 3.63) is 74.4 Å². The Kier molecular flexibility index (Phi) is 6.96. The molecule has 0 unspecified atom stereocenters. The molecule has 1 aromatic heterocycles. The van der Waals surface area contributed by atoms with Crippen LogP contribution in [0, 0.1) is 12.7 Å². The van der Waals surface area contributed by atoms with Crippen LogP contribution in [0.1, 0.15) is 37.0 Å². The average molecular weight is 445 g/mol. The van der Waals surface area contributed by atoms with Crippen LogP contribution in [-0.4, -0.2) is 31.4 Å². The Morgan fingerprint density at radius 3 is 2.65 bits per heavy atom. The Labute approximate surface area is 183 Å². The van der Waals surface area contributed by atoms with Crippen LogP contribution in [0.5, 0.6) is 0 Å². The van der Waals surface area contributed by atoms with Crippen molar-refractivity contribution in [2.75, 3.05) is 0 Å². The Morgan fingerprint density at radius 2 is 2.00 bits per heavy atom. The lowest BCUT2D eigenvalue weighted by atomic mass is 10.1. The van der Waals surface area contributed by atoms with Gasteiger partial charge in [0.25, 0.3) is 0 Å². The second kappa shape index (κ2) is 9.65. The molecule has 0 atom stereocenters. The zero-order chi connectivity index (χ0) is 22.5. The van der Waals surface area contributed by atoms with Crippen molar-refractivity contribution in [3.63, 3.8) is 0 Å². The number of ether oxygens (including phenoxy) is 1. The van der Waals surface area contributed by atoms with E-state index in [1.165, 1.54) is 23.9 Å². The number of rotatable bonds is 6. The molecular formula is C21H22ClFN6O2. The first-order valence-corrected chi connectivity index (χ1v) is 9.96. The molecule has 0 saturated heterocycles. The van der Waals surface area contributed by atoms with Crippen LogP contribution in [0.25, 0.3) is 5.69 Å². The van der Waals surface area contributed by atoms with Gasteiger partial charge in [-0.3, -0.25) is 0 Å². The van der Waals surface area contributed by atoms with Crippen molar-refractivity contribution >= 4 is 23.2 Å². The SMILES string of the molecule is CC/C(=N\N=C(/C)c1cc(F)cc(Cl)c1)OCc1c(C)cccc1-n1nnn(C)c1=O. The summed E-state index contributed by atoms with van der Waals surface area (Å²) in [6.07, 6.45) is 0.493. The molecule has 0 fully saturated rings. The minimum atomic E-state index is -0.445. The van der Waals surface area contributed by atoms with Gasteiger partial charge in [-0.1, -0.05) is 30.7 Å². The van der Waals surface area contributed by atoms with Gasteiger partial charge in [-0.25, -0.2) is 9.18 Å². The molecule has 0 aliphatic carbocycles. The summed E-state index contributed by atoms with van der Waals surface area (Å²) in [6, 6.07) is 9.71. The van der Waals surface area contributed by atoms with Gasteiger partial charge in [-0.2, -0.15) is 14.5 Å². The van der Waals surface area contributed by atoms with E-state index in [1.807, 2.05) is 26.0 Å². The summed E-state index contributed by atoms with van der Waals surface area (Å²) < 4.78 is 21.8. The fraction of sp³-hybridized carbons (Fsp3) is 0.286. The Morgan fingerprint density at radius 1 is 1.23 bits per heavy atom. The molecule has 0 bridgehead atoms. The van der Waals surface area contributed by atoms with Gasteiger partial charge in [0.1, 0.15) is 12.4 Å². The Hall–Kier alpha value is -3.33. The van der Waals surface area contributed by atoms with E-state index in [2.05, 4.69) is 20.6 Å². The van der Waals surface area contributed by atoms with E-state index in [1.54, 1.807) is 19.1 Å². The number of hydrogen-bond acceptors (Lipinski definition) is 6. The average Bonchev–Trinajstić information content (AvgIpc) is 3.06. The van der Waals surface area contributed by atoms with Gasteiger partial charge >= 0.3 is 5.69 Å². The van der Waals surface area contributed by atoms with Gasteiger partial charge in [0.2, 0.25) is 5.90 Å². The molecule has 2 aromatic carbocycles. The summed E-state index contributed by atoms with van der Waals surface area (Å²) >= 11 is 5.90. The third-order valence-electron chi connectivity index (χ3n) is 4.61. The van der Waals surface area contributed by atoms with Crippen molar-refractivity contribution in [1.29, 1.82) is 0 Å². The topological polar surface area (TPSA) is 86.7 Å². The third kappa shape index (κ3) is 5.24. The van der Waals surface area contributed by atoms with E-state index in [4.69, 9.17) is 16.3 Å². The molecule has 0 aliphatic heterocycles. The molecule has 3 rings (SSSR count). The molecule has 0 N–H and O–H groups in total. The maximum absolute atomic E-state index is 13.6. The van der Waals surface area contributed by atoms with Crippen LogP contribution in [0.15, 0.2) is 51.4 Å². The highest BCUT2D eigenvalue weighted by Gasteiger charge is 2.14. The van der Waals surface area contributed by atoms with Crippen LogP contribution in [0.3, 0.4) is 0 Å². The van der Waals surface area contributed by atoms with Crippen molar-refractivity contribution < 1.29 is 9.13 Å². The van der Waals surface area contributed by atoms with Gasteiger partial charge in [-0.05, 0) is 54.1 Å². The first-order chi connectivity index (χ1) is 14.8. The van der Waals surface area contributed by atoms with E-state index < -0.39 is 5.82 Å². The van der Waals surface area contributed by atoms with E-state index in [0.29, 0.717) is 29.3 Å². The van der Waals surface area contributed by atoms with E-state index in [9.17, 15) is 9.18 Å². The molecule has 0 amide bonds. The molecule has 10 heteroatoms. The monoisotopic (exact) mass is 444 g/mol. The molecule has 0 spiro atoms. The molecule has 0 saturated carbocycles. The van der Waals surface area contributed by atoms with Crippen molar-refractivity contribution in [2.45, 2.75) is 33.8 Å². The minimum Gasteiger partial charge on any atom is -0.475 e. The zero-order valence-corrected chi connectivity index (χ0v) is 18.4. The summed E-state index contributed by atoms with van der Waals surface area (Å²) in [5, 5.41) is 16.3. The molecule has 3 aromatic rings. The van der Waals surface area contributed by atoms with Crippen molar-refractivity contribution in [1.82, 2.24) is 19.8 Å². The van der Waals surface area contributed by atoms with Gasteiger partial charge in [0.05, 0.1) is 11.4 Å². The highest BCUT2D eigenvalue weighted by atomic mass is 35.5. The van der Waals surface area contributed by atoms with Crippen LogP contribution < -0.4 is 5.69 Å². The molecule has 1 heterocycles. The fourth-order valence-corrected chi connectivity index (χ4v) is 3.07. The summed E-state index contributed by atoms with van der Waals surface area (Å²) in [4.78, 5) is 12.3. The van der Waals surface area contributed by atoms with Crippen LogP contribution in [0.2, 0.25) is 5.02 Å². The lowest BCUT2D eigenvalue weighted by molar-refractivity contribution is 0.282. The molecule has 0 radical (unpaired) electrons. The van der Waals surface area contributed by atoms with E-state index >= 15 is 0 Å². The Bertz CT molecular complexity index is 1190. The number of aryl methyl sites for hydroxylation is 2. The van der Waals surface area contributed by atoms with Crippen molar-refractivity contribution in [3.8, 4) is 5.69 Å². The van der Waals surface area contributed by atoms with Crippen LogP contribution in [0.4, 0.5) is 4.39 Å². The number of hydrogen-bond donors (Lipinski definition) is 0. The predicted molar refractivity (Wildman–Crippen MR) is 117 cm³/mol. The zero-order valence-electron chi connectivity index (χ0n) is 17.6. The molecular weight excluding hydrogens is 423 g/mol. The molecule has 31 heavy (non-hydrogen) atoms. The second-order valence-electron chi connectivity index (χ2n) is 6.85. The second-order valence-corrected chi connectivity index (χ2v) is 7.29. The number of halogens is 2. The highest BCUT2D eigenvalue weighted by Crippen LogP contribution is 2.19. The van der Waals surface area contributed by atoms with Crippen LogP contribution >= 0.6 is 11.6 Å². The lowest BCUT2D eigenvalue weighted by Gasteiger charge is -2.13. The fourth-order valence-electron chi connectivity index (χ4n) is 2.85. The van der Waals surface area contributed by atoms with Gasteiger partial charge < -0.3 is 4.74 Å². The van der Waals surface area contributed by atoms with E-state index in [-0.39, 0.29) is 17.3 Å². The molecule has 8 nitrogen and oxygen atoms in total. The number of nitrogens with zero attached hydrogens (tertiary/aromatic N) is 6. The summed E-state index contributed by atoms with van der Waals surface area (Å²) in [5.74, 6) is -0.0538. The van der Waals surface area contributed by atoms with E-state index in [0.717, 1.165) is 15.8 Å². The molecule has 0 aliphatic rings. The largest absolute Gasteiger partial charge is 0.475 e. The maximum atomic E-state index is 13.6. The number of benzene rings is 2. The van der Waals surface area contributed by atoms with Gasteiger partial charge in [0.15, 0.2) is 0 Å². The van der Waals surface area contributed by atoms with Crippen LogP contribution in [-0.2, 0) is 18.4 Å². The summed E-state index contributed by atoms with van der Waals surface area (Å²) in [5.41, 5.74) is 2.97. The first kappa shape index (κ1) is 22.4. The smallest absolute Gasteiger partial charge is 0.368 e. The predicted octanol–water partition coefficient (Wildman–Crippen LogP) is 3.82. The third-order valence-corrected chi connectivity index (χ3v) is 4.83. The molecule has 162 valence electrons. The van der Waals surface area contributed by atoms with Gasteiger partial charge in [0, 0.05) is 29.6 Å². The quantitative estimate of drug-likeness (QED) is 0.328. The van der Waals surface area contributed by atoms with Crippen molar-refractivity contribution in [2.24, 2.45) is 17.3 Å². The Balaban J connectivity index is 1.84. The first-order valence-electron chi connectivity index (χ1n) is 9.58. The minimum absolute atomic E-state index is 0.165. The lowest BCUT2D eigenvalue weighted by Crippen LogP contribution is -2.23. The van der Waals surface area contributed by atoms with Gasteiger partial charge in [-0.15, -0.1) is 5.10 Å². The summed E-state index contributed by atoms with van der Waals surface area (Å²) in [6.45, 7) is 5.68. The number of tetrazole rings is 1. The standard InChI is InChI=1S/C21H22ClFN6O2/c1-5-20(25-24-14(3)15-9-16(22)11-17(23)10-15)31-12-18-13(2)7-6-8-19(18)29-21(30)28(4)26-27-29/h6-11H,5,12H2,1-4H3/b24-14+,25-20+. The summed E-state index contributed by atoms with van der Waals surface area (Å²) in [7, 11) is 1.53. The highest BCUT2D eigenvalue weighted by molar-refractivity contribution is 6.31. The maximum Gasteiger partial charge on any atom is 0.368 e.